The monoisotopic (exact) mass is 403 g/mol. The normalized spacial score (nSPS) is 23.6. The molecule has 2 aliphatic rings. The van der Waals surface area contributed by atoms with Gasteiger partial charge in [0.2, 0.25) is 5.91 Å². The van der Waals surface area contributed by atoms with E-state index in [9.17, 15) is 14.4 Å². The summed E-state index contributed by atoms with van der Waals surface area (Å²) in [5, 5.41) is 5.59. The smallest absolute Gasteiger partial charge is 0.324 e. The van der Waals surface area contributed by atoms with Crippen LogP contribution in [0.1, 0.15) is 38.7 Å². The molecule has 2 N–H and O–H groups in total. The average Bonchev–Trinajstić information content (AvgIpc) is 2.92. The predicted octanol–water partition coefficient (Wildman–Crippen LogP) is 1.62. The van der Waals surface area contributed by atoms with Crippen LogP contribution in [0.3, 0.4) is 0 Å². The number of urea groups is 1. The van der Waals surface area contributed by atoms with E-state index in [0.29, 0.717) is 13.0 Å². The molecular weight excluding hydrogens is 374 g/mol. The van der Waals surface area contributed by atoms with Crippen molar-refractivity contribution in [3.05, 3.63) is 29.8 Å². The molecule has 2 atom stereocenters. The maximum absolute atomic E-state index is 12.6. The highest BCUT2D eigenvalue weighted by molar-refractivity contribution is 6.05. The molecule has 8 heteroatoms. The van der Waals surface area contributed by atoms with E-state index in [-0.39, 0.29) is 36.4 Å². The Kier molecular flexibility index (Phi) is 6.42. The summed E-state index contributed by atoms with van der Waals surface area (Å²) in [6.07, 6.45) is 1.95. The first-order chi connectivity index (χ1) is 13.8. The zero-order valence-electron chi connectivity index (χ0n) is 17.2. The van der Waals surface area contributed by atoms with Crippen molar-refractivity contribution in [3.63, 3.8) is 0 Å². The summed E-state index contributed by atoms with van der Waals surface area (Å²) in [7, 11) is 1.60. The zero-order chi connectivity index (χ0) is 21.0. The van der Waals surface area contributed by atoms with E-state index in [4.69, 9.17) is 9.47 Å². The Bertz CT molecular complexity index is 762. The molecule has 4 amide bonds. The van der Waals surface area contributed by atoms with Crippen molar-refractivity contribution in [1.29, 1.82) is 0 Å². The number of amides is 4. The van der Waals surface area contributed by atoms with Crippen molar-refractivity contribution >= 4 is 17.8 Å². The molecule has 2 fully saturated rings. The van der Waals surface area contributed by atoms with Gasteiger partial charge in [0.05, 0.1) is 19.1 Å². The third-order valence-corrected chi connectivity index (χ3v) is 5.34. The van der Waals surface area contributed by atoms with Crippen molar-refractivity contribution in [1.82, 2.24) is 15.5 Å². The van der Waals surface area contributed by atoms with E-state index in [1.54, 1.807) is 7.11 Å². The Hall–Kier alpha value is -2.61. The molecule has 8 nitrogen and oxygen atoms in total. The summed E-state index contributed by atoms with van der Waals surface area (Å²) in [5.41, 5.74) is 0.723. The molecule has 29 heavy (non-hydrogen) atoms. The molecule has 2 heterocycles. The van der Waals surface area contributed by atoms with Crippen molar-refractivity contribution < 1.29 is 23.9 Å². The molecule has 0 aromatic heterocycles. The first-order valence-electron chi connectivity index (χ1n) is 9.95. The number of ether oxygens (including phenoxy) is 2. The van der Waals surface area contributed by atoms with E-state index in [1.165, 1.54) is 4.90 Å². The minimum atomic E-state index is -0.814. The molecule has 3 rings (SSSR count). The molecule has 0 bridgehead atoms. The fourth-order valence-electron chi connectivity index (χ4n) is 3.79. The van der Waals surface area contributed by atoms with Gasteiger partial charge in [-0.25, -0.2) is 4.79 Å². The van der Waals surface area contributed by atoms with Gasteiger partial charge in [-0.3, -0.25) is 14.5 Å². The van der Waals surface area contributed by atoms with Gasteiger partial charge in [0.1, 0.15) is 11.8 Å². The third-order valence-electron chi connectivity index (χ3n) is 5.34. The number of nitrogens with zero attached hydrogens (tertiary/aromatic N) is 1. The van der Waals surface area contributed by atoms with Crippen LogP contribution in [0.25, 0.3) is 0 Å². The standard InChI is InChI=1S/C21H29N3O5/c1-21(2)13-15(9-11-29-21)22-18(25)12-17-19(26)24(20(27)23-17)10-8-14-4-6-16(28-3)7-5-14/h4-7,15,17H,8-13H2,1-3H3,(H,22,25)(H,23,27)/t15-,17-/m1/s1. The Morgan fingerprint density at radius 1 is 1.31 bits per heavy atom. The number of methoxy groups -OCH3 is 1. The quantitative estimate of drug-likeness (QED) is 0.675. The molecule has 0 spiro atoms. The SMILES string of the molecule is COc1ccc(CCN2C(=O)N[C@H](CC(=O)N[C@@H]3CCOC(C)(C)C3)C2=O)cc1. The number of benzene rings is 1. The number of hydrogen-bond acceptors (Lipinski definition) is 5. The van der Waals surface area contributed by atoms with Crippen molar-refractivity contribution in [2.45, 2.75) is 57.2 Å². The molecule has 1 aromatic rings. The Balaban J connectivity index is 1.49. The lowest BCUT2D eigenvalue weighted by Crippen LogP contribution is -2.47. The first kappa shape index (κ1) is 21.1. The summed E-state index contributed by atoms with van der Waals surface area (Å²) in [6, 6.07) is 6.23. The summed E-state index contributed by atoms with van der Waals surface area (Å²) >= 11 is 0. The van der Waals surface area contributed by atoms with Crippen LogP contribution in [-0.2, 0) is 20.7 Å². The van der Waals surface area contributed by atoms with Crippen LogP contribution in [0.5, 0.6) is 5.75 Å². The topological polar surface area (TPSA) is 97.0 Å². The fourth-order valence-corrected chi connectivity index (χ4v) is 3.79. The molecular formula is C21H29N3O5. The van der Waals surface area contributed by atoms with Crippen LogP contribution in [0, 0.1) is 0 Å². The van der Waals surface area contributed by atoms with Crippen molar-refractivity contribution in [2.75, 3.05) is 20.3 Å². The molecule has 0 radical (unpaired) electrons. The van der Waals surface area contributed by atoms with Gasteiger partial charge in [0.15, 0.2) is 0 Å². The minimum Gasteiger partial charge on any atom is -0.497 e. The van der Waals surface area contributed by atoms with Crippen LogP contribution >= 0.6 is 0 Å². The molecule has 0 unspecified atom stereocenters. The van der Waals surface area contributed by atoms with Gasteiger partial charge in [0, 0.05) is 19.2 Å². The molecule has 0 saturated carbocycles. The van der Waals surface area contributed by atoms with Gasteiger partial charge < -0.3 is 20.1 Å². The van der Waals surface area contributed by atoms with Gasteiger partial charge in [-0.2, -0.15) is 0 Å². The molecule has 158 valence electrons. The highest BCUT2D eigenvalue weighted by atomic mass is 16.5. The van der Waals surface area contributed by atoms with Gasteiger partial charge in [-0.05, 0) is 50.8 Å². The highest BCUT2D eigenvalue weighted by Crippen LogP contribution is 2.24. The number of carbonyl (C=O) groups is 3. The summed E-state index contributed by atoms with van der Waals surface area (Å²) < 4.78 is 10.8. The lowest BCUT2D eigenvalue weighted by atomic mass is 9.94. The van der Waals surface area contributed by atoms with Crippen LogP contribution in [-0.4, -0.2) is 60.7 Å². The zero-order valence-corrected chi connectivity index (χ0v) is 17.2. The number of hydrogen-bond donors (Lipinski definition) is 2. The fraction of sp³-hybridized carbons (Fsp3) is 0.571. The Morgan fingerprint density at radius 2 is 2.03 bits per heavy atom. The predicted molar refractivity (Wildman–Crippen MR) is 107 cm³/mol. The molecule has 2 aliphatic heterocycles. The average molecular weight is 403 g/mol. The minimum absolute atomic E-state index is 0.0182. The summed E-state index contributed by atoms with van der Waals surface area (Å²) in [5.74, 6) is 0.164. The van der Waals surface area contributed by atoms with Crippen molar-refractivity contribution in [2.24, 2.45) is 0 Å². The Morgan fingerprint density at radius 3 is 2.69 bits per heavy atom. The largest absolute Gasteiger partial charge is 0.497 e. The van der Waals surface area contributed by atoms with Crippen LogP contribution in [0.15, 0.2) is 24.3 Å². The summed E-state index contributed by atoms with van der Waals surface area (Å²) in [6.45, 7) is 4.85. The number of rotatable bonds is 7. The number of carbonyl (C=O) groups excluding carboxylic acids is 3. The van der Waals surface area contributed by atoms with Gasteiger partial charge in [-0.1, -0.05) is 12.1 Å². The first-order valence-corrected chi connectivity index (χ1v) is 9.95. The van der Waals surface area contributed by atoms with E-state index < -0.39 is 12.1 Å². The Labute approximate surface area is 170 Å². The van der Waals surface area contributed by atoms with Gasteiger partial charge in [-0.15, -0.1) is 0 Å². The van der Waals surface area contributed by atoms with E-state index in [1.807, 2.05) is 38.1 Å². The van der Waals surface area contributed by atoms with Gasteiger partial charge in [0.25, 0.3) is 5.91 Å². The van der Waals surface area contributed by atoms with Crippen molar-refractivity contribution in [3.8, 4) is 5.75 Å². The number of nitrogens with one attached hydrogen (secondary N) is 2. The maximum Gasteiger partial charge on any atom is 0.324 e. The highest BCUT2D eigenvalue weighted by Gasteiger charge is 2.39. The second-order valence-electron chi connectivity index (χ2n) is 8.16. The van der Waals surface area contributed by atoms with Crippen LogP contribution in [0.4, 0.5) is 4.79 Å². The van der Waals surface area contributed by atoms with E-state index >= 15 is 0 Å². The second-order valence-corrected chi connectivity index (χ2v) is 8.16. The van der Waals surface area contributed by atoms with Crippen LogP contribution in [0.2, 0.25) is 0 Å². The number of imide groups is 1. The lowest BCUT2D eigenvalue weighted by molar-refractivity contribution is -0.131. The molecule has 2 saturated heterocycles. The van der Waals surface area contributed by atoms with E-state index in [2.05, 4.69) is 10.6 Å². The van der Waals surface area contributed by atoms with Crippen LogP contribution < -0.4 is 15.4 Å². The summed E-state index contributed by atoms with van der Waals surface area (Å²) in [4.78, 5) is 38.4. The lowest BCUT2D eigenvalue weighted by Gasteiger charge is -2.35. The molecule has 0 aliphatic carbocycles. The van der Waals surface area contributed by atoms with Gasteiger partial charge >= 0.3 is 6.03 Å². The second kappa shape index (κ2) is 8.82. The van der Waals surface area contributed by atoms with E-state index in [0.717, 1.165) is 24.2 Å². The third kappa shape index (κ3) is 5.47. The maximum atomic E-state index is 12.6. The molecule has 1 aromatic carbocycles.